The summed E-state index contributed by atoms with van der Waals surface area (Å²) in [5, 5.41) is 3.45. The van der Waals surface area contributed by atoms with Crippen LogP contribution >= 0.6 is 0 Å². The highest BCUT2D eigenvalue weighted by atomic mass is 15.1. The van der Waals surface area contributed by atoms with Crippen molar-refractivity contribution in [2.45, 2.75) is 46.7 Å². The third-order valence-electron chi connectivity index (χ3n) is 3.94. The van der Waals surface area contributed by atoms with Crippen LogP contribution < -0.4 is 5.32 Å². The fourth-order valence-corrected chi connectivity index (χ4v) is 2.34. The average molecular weight is 263 g/mol. The average Bonchev–Trinajstić information content (AvgIpc) is 2.42. The lowest BCUT2D eigenvalue weighted by Crippen LogP contribution is -2.43. The molecule has 2 unspecified atom stereocenters. The molecule has 0 aliphatic carbocycles. The standard InChI is InChI=1S/C16H29N3/c1-6-13(3)16(17-5)12-19(7-2)11-15-10-8-9-14(4)18-15/h8-10,13,16-17H,6-7,11-12H2,1-5H3. The summed E-state index contributed by atoms with van der Waals surface area (Å²) < 4.78 is 0. The first-order chi connectivity index (χ1) is 9.10. The van der Waals surface area contributed by atoms with Crippen LogP contribution in [0.5, 0.6) is 0 Å². The molecule has 0 aliphatic rings. The largest absolute Gasteiger partial charge is 0.315 e. The van der Waals surface area contributed by atoms with Crippen molar-refractivity contribution >= 4 is 0 Å². The number of pyridine rings is 1. The predicted molar refractivity (Wildman–Crippen MR) is 82.2 cm³/mol. The summed E-state index contributed by atoms with van der Waals surface area (Å²) in [6, 6.07) is 6.81. The summed E-state index contributed by atoms with van der Waals surface area (Å²) in [5.41, 5.74) is 2.27. The molecule has 1 aromatic rings. The first-order valence-electron chi connectivity index (χ1n) is 7.42. The maximum Gasteiger partial charge on any atom is 0.0547 e. The Labute approximate surface area is 118 Å². The molecule has 19 heavy (non-hydrogen) atoms. The van der Waals surface area contributed by atoms with Gasteiger partial charge in [0, 0.05) is 24.8 Å². The van der Waals surface area contributed by atoms with Gasteiger partial charge in [-0.3, -0.25) is 9.88 Å². The third kappa shape index (κ3) is 5.29. The number of hydrogen-bond donors (Lipinski definition) is 1. The molecule has 1 heterocycles. The fourth-order valence-electron chi connectivity index (χ4n) is 2.34. The molecule has 0 aliphatic heterocycles. The summed E-state index contributed by atoms with van der Waals surface area (Å²) in [4.78, 5) is 7.06. The van der Waals surface area contributed by atoms with Gasteiger partial charge in [-0.15, -0.1) is 0 Å². The van der Waals surface area contributed by atoms with E-state index in [0.717, 1.165) is 25.3 Å². The van der Waals surface area contributed by atoms with E-state index in [2.05, 4.69) is 68.1 Å². The van der Waals surface area contributed by atoms with Crippen molar-refractivity contribution in [2.24, 2.45) is 5.92 Å². The molecule has 0 fully saturated rings. The molecular weight excluding hydrogens is 234 g/mol. The number of nitrogens with one attached hydrogen (secondary N) is 1. The van der Waals surface area contributed by atoms with Gasteiger partial charge in [0.25, 0.3) is 0 Å². The zero-order chi connectivity index (χ0) is 14.3. The normalized spacial score (nSPS) is 14.6. The van der Waals surface area contributed by atoms with Gasteiger partial charge < -0.3 is 5.32 Å². The molecule has 1 N–H and O–H groups in total. The van der Waals surface area contributed by atoms with Gasteiger partial charge >= 0.3 is 0 Å². The Balaban J connectivity index is 2.62. The molecule has 1 aromatic heterocycles. The predicted octanol–water partition coefficient (Wildman–Crippen LogP) is 2.85. The van der Waals surface area contributed by atoms with Gasteiger partial charge in [0.1, 0.15) is 0 Å². The van der Waals surface area contributed by atoms with Crippen molar-refractivity contribution in [1.29, 1.82) is 0 Å². The van der Waals surface area contributed by atoms with Gasteiger partial charge in [0.15, 0.2) is 0 Å². The lowest BCUT2D eigenvalue weighted by molar-refractivity contribution is 0.215. The van der Waals surface area contributed by atoms with Gasteiger partial charge in [-0.2, -0.15) is 0 Å². The molecule has 0 radical (unpaired) electrons. The topological polar surface area (TPSA) is 28.2 Å². The number of rotatable bonds is 8. The van der Waals surface area contributed by atoms with Gasteiger partial charge in [-0.05, 0) is 38.6 Å². The van der Waals surface area contributed by atoms with Crippen LogP contribution in [0.2, 0.25) is 0 Å². The van der Waals surface area contributed by atoms with E-state index in [9.17, 15) is 0 Å². The van der Waals surface area contributed by atoms with Crippen molar-refractivity contribution in [3.05, 3.63) is 29.6 Å². The summed E-state index contributed by atoms with van der Waals surface area (Å²) in [7, 11) is 2.07. The van der Waals surface area contributed by atoms with Crippen molar-refractivity contribution in [3.8, 4) is 0 Å². The van der Waals surface area contributed by atoms with Crippen LogP contribution in [0.1, 0.15) is 38.6 Å². The zero-order valence-corrected chi connectivity index (χ0v) is 13.1. The van der Waals surface area contributed by atoms with Crippen LogP contribution in [0, 0.1) is 12.8 Å². The van der Waals surface area contributed by atoms with E-state index in [1.807, 2.05) is 0 Å². The second-order valence-corrected chi connectivity index (χ2v) is 5.38. The molecule has 0 amide bonds. The molecule has 0 spiro atoms. The number of nitrogens with zero attached hydrogens (tertiary/aromatic N) is 2. The molecule has 3 heteroatoms. The Morgan fingerprint density at radius 1 is 1.32 bits per heavy atom. The molecular formula is C16H29N3. The van der Waals surface area contributed by atoms with Crippen LogP contribution in [-0.2, 0) is 6.54 Å². The number of aryl methyl sites for hydroxylation is 1. The van der Waals surface area contributed by atoms with Crippen LogP contribution in [0.25, 0.3) is 0 Å². The van der Waals surface area contributed by atoms with Gasteiger partial charge in [0.2, 0.25) is 0 Å². The third-order valence-corrected chi connectivity index (χ3v) is 3.94. The van der Waals surface area contributed by atoms with E-state index >= 15 is 0 Å². The van der Waals surface area contributed by atoms with Crippen LogP contribution in [-0.4, -0.2) is 36.1 Å². The Morgan fingerprint density at radius 2 is 2.05 bits per heavy atom. The summed E-state index contributed by atoms with van der Waals surface area (Å²) >= 11 is 0. The molecule has 0 saturated heterocycles. The highest BCUT2D eigenvalue weighted by Crippen LogP contribution is 2.11. The number of aromatic nitrogens is 1. The van der Waals surface area contributed by atoms with Crippen molar-refractivity contribution in [1.82, 2.24) is 15.2 Å². The van der Waals surface area contributed by atoms with Crippen molar-refractivity contribution in [3.63, 3.8) is 0 Å². The van der Waals surface area contributed by atoms with E-state index < -0.39 is 0 Å². The van der Waals surface area contributed by atoms with Crippen LogP contribution in [0.15, 0.2) is 18.2 Å². The first-order valence-corrected chi connectivity index (χ1v) is 7.42. The maximum absolute atomic E-state index is 4.60. The molecule has 0 aromatic carbocycles. The molecule has 0 bridgehead atoms. The van der Waals surface area contributed by atoms with Gasteiger partial charge in [0.05, 0.1) is 5.69 Å². The quantitative estimate of drug-likeness (QED) is 0.781. The van der Waals surface area contributed by atoms with Crippen molar-refractivity contribution in [2.75, 3.05) is 20.1 Å². The van der Waals surface area contributed by atoms with Gasteiger partial charge in [-0.1, -0.05) is 33.3 Å². The monoisotopic (exact) mass is 263 g/mol. The second-order valence-electron chi connectivity index (χ2n) is 5.38. The Morgan fingerprint density at radius 3 is 2.58 bits per heavy atom. The molecule has 3 nitrogen and oxygen atoms in total. The smallest absolute Gasteiger partial charge is 0.0547 e. The number of likely N-dealkylation sites (N-methyl/N-ethyl adjacent to an activating group) is 2. The van der Waals surface area contributed by atoms with Crippen LogP contribution in [0.4, 0.5) is 0 Å². The fraction of sp³-hybridized carbons (Fsp3) is 0.688. The molecule has 0 saturated carbocycles. The molecule has 108 valence electrons. The summed E-state index contributed by atoms with van der Waals surface area (Å²) in [6.45, 7) is 11.9. The Hall–Kier alpha value is -0.930. The van der Waals surface area contributed by atoms with E-state index in [1.54, 1.807) is 0 Å². The molecule has 2 atom stereocenters. The molecule has 1 rings (SSSR count). The minimum Gasteiger partial charge on any atom is -0.315 e. The van der Waals surface area contributed by atoms with E-state index in [4.69, 9.17) is 0 Å². The first kappa shape index (κ1) is 16.1. The highest BCUT2D eigenvalue weighted by Gasteiger charge is 2.17. The zero-order valence-electron chi connectivity index (χ0n) is 13.1. The van der Waals surface area contributed by atoms with Crippen LogP contribution in [0.3, 0.4) is 0 Å². The van der Waals surface area contributed by atoms with E-state index in [0.29, 0.717) is 12.0 Å². The SMILES string of the molecule is CCC(C)C(CN(CC)Cc1cccc(C)n1)NC. The van der Waals surface area contributed by atoms with Crippen molar-refractivity contribution < 1.29 is 0 Å². The second kappa shape index (κ2) is 8.28. The Bertz CT molecular complexity index is 365. The minimum atomic E-state index is 0.551. The number of hydrogen-bond acceptors (Lipinski definition) is 3. The van der Waals surface area contributed by atoms with E-state index in [1.165, 1.54) is 12.1 Å². The highest BCUT2D eigenvalue weighted by molar-refractivity contribution is 5.09. The minimum absolute atomic E-state index is 0.551. The van der Waals surface area contributed by atoms with Gasteiger partial charge in [-0.25, -0.2) is 0 Å². The Kier molecular flexibility index (Phi) is 7.03. The lowest BCUT2D eigenvalue weighted by Gasteiger charge is -2.29. The van der Waals surface area contributed by atoms with E-state index in [-0.39, 0.29) is 0 Å². The summed E-state index contributed by atoms with van der Waals surface area (Å²) in [5.74, 6) is 0.699. The lowest BCUT2D eigenvalue weighted by atomic mass is 9.99. The summed E-state index contributed by atoms with van der Waals surface area (Å²) in [6.07, 6.45) is 1.21. The maximum atomic E-state index is 4.60.